The number of carbonyl (C=O) groups is 4. The zero-order valence-electron chi connectivity index (χ0n) is 28.8. The molecule has 7 N–H and O–H groups in total. The molecule has 296 valence electrons. The highest BCUT2D eigenvalue weighted by Crippen LogP contribution is 2.33. The van der Waals surface area contributed by atoms with Crippen LogP contribution in [-0.2, 0) is 52.3 Å². The molecule has 3 heterocycles. The molecule has 20 nitrogen and oxygen atoms in total. The standard InChI is InChI=1S/C27H34N8O10S2.C2HF3O2/c1-26(2)21(23(37)35(26)45-47(40,41)42)31-22(36)20(19-14-46-25(29)30-19)32-44-27(3,24(38)39)15-43-18-8-6-16(7-9-18)17-12-33(4)34(13-17)11-5-10-28;3-2(4,5)1(6)7/h6-9,12-14,21H,5,10-11,15,28H2,1-4H3,(H4-,29,30,31,36,38,39,40,41,42);(H,6,7)/b32-20-;/t21-,27?;/m1./s1. The number of aliphatic carboxylic acids is 2. The summed E-state index contributed by atoms with van der Waals surface area (Å²) in [5.41, 5.74) is 9.05. The second kappa shape index (κ2) is 16.8. The molecule has 1 unspecified atom stereocenters. The lowest BCUT2D eigenvalue weighted by Crippen LogP contribution is -2.76. The number of aromatic nitrogens is 3. The van der Waals surface area contributed by atoms with Crippen molar-refractivity contribution in [2.24, 2.45) is 17.9 Å². The molecule has 4 rings (SSSR count). The van der Waals surface area contributed by atoms with E-state index in [1.807, 2.05) is 40.9 Å². The number of β-lactam (4-membered cyclic amide) rings is 1. The number of carbonyl (C=O) groups excluding carboxylic acids is 3. The first-order valence-electron chi connectivity index (χ1n) is 15.2. The number of aryl methyl sites for hydroxylation is 2. The Balaban J connectivity index is 0.00000102. The molecule has 1 saturated heterocycles. The molecule has 0 radical (unpaired) electrons. The molecule has 1 aromatic carbocycles. The van der Waals surface area contributed by atoms with Crippen LogP contribution in [0.2, 0.25) is 0 Å². The number of hydrogen-bond acceptors (Lipinski definition) is 15. The number of nitrogens with two attached hydrogens (primary N) is 2. The first kappa shape index (κ1) is 43.0. The molecule has 0 spiro atoms. The van der Waals surface area contributed by atoms with Crippen molar-refractivity contribution in [1.29, 1.82) is 0 Å². The number of nitrogens with one attached hydrogen (secondary N) is 1. The summed E-state index contributed by atoms with van der Waals surface area (Å²) in [6.07, 6.45) is -0.401. The van der Waals surface area contributed by atoms with E-state index in [2.05, 4.69) is 19.7 Å². The number of carboxylic acid groups (broad SMARTS) is 2. The molecular formula is C29H35F3N8O12S2. The van der Waals surface area contributed by atoms with Gasteiger partial charge < -0.3 is 41.4 Å². The van der Waals surface area contributed by atoms with Gasteiger partial charge in [0.15, 0.2) is 17.9 Å². The minimum atomic E-state index is -5.19. The van der Waals surface area contributed by atoms with Gasteiger partial charge in [-0.2, -0.15) is 31.3 Å². The van der Waals surface area contributed by atoms with Crippen molar-refractivity contribution in [2.75, 3.05) is 18.9 Å². The molecule has 1 aliphatic rings. The van der Waals surface area contributed by atoms with E-state index in [4.69, 9.17) is 35.5 Å². The average molecular weight is 809 g/mol. The van der Waals surface area contributed by atoms with Crippen molar-refractivity contribution in [3.8, 4) is 16.9 Å². The maximum atomic E-state index is 13.3. The lowest BCUT2D eigenvalue weighted by molar-refractivity contribution is -0.753. The van der Waals surface area contributed by atoms with Crippen LogP contribution in [-0.4, -0.2) is 98.8 Å². The van der Waals surface area contributed by atoms with Crippen LogP contribution < -0.4 is 31.3 Å². The molecule has 25 heteroatoms. The fourth-order valence-electron chi connectivity index (χ4n) is 4.44. The van der Waals surface area contributed by atoms with Gasteiger partial charge in [-0.25, -0.2) is 9.78 Å². The van der Waals surface area contributed by atoms with Crippen molar-refractivity contribution in [3.05, 3.63) is 47.7 Å². The molecule has 2 atom stereocenters. The summed E-state index contributed by atoms with van der Waals surface area (Å²) < 4.78 is 76.8. The van der Waals surface area contributed by atoms with Gasteiger partial charge in [0, 0.05) is 5.38 Å². The average Bonchev–Trinajstić information content (AvgIpc) is 3.68. The summed E-state index contributed by atoms with van der Waals surface area (Å²) in [4.78, 5) is 56.3. The van der Waals surface area contributed by atoms with Crippen molar-refractivity contribution in [2.45, 2.75) is 57.1 Å². The van der Waals surface area contributed by atoms with Gasteiger partial charge in [0.2, 0.25) is 6.20 Å². The number of thiazole rings is 1. The number of oxime groups is 1. The van der Waals surface area contributed by atoms with Crippen molar-refractivity contribution < 1.29 is 74.1 Å². The van der Waals surface area contributed by atoms with Crippen molar-refractivity contribution >= 4 is 56.3 Å². The zero-order valence-corrected chi connectivity index (χ0v) is 30.4. The number of benzene rings is 1. The van der Waals surface area contributed by atoms with Crippen LogP contribution in [0.1, 0.15) is 32.9 Å². The molecule has 1 fully saturated rings. The second-order valence-corrected chi connectivity index (χ2v) is 13.9. The third-order valence-electron chi connectivity index (χ3n) is 7.44. The van der Waals surface area contributed by atoms with Gasteiger partial charge in [-0.05, 0) is 51.4 Å². The minimum Gasteiger partial charge on any atom is -0.542 e. The predicted molar refractivity (Wildman–Crippen MR) is 177 cm³/mol. The van der Waals surface area contributed by atoms with E-state index >= 15 is 0 Å². The molecule has 3 aromatic rings. The largest absolute Gasteiger partial charge is 0.542 e. The number of hydrogen-bond donors (Lipinski definition) is 5. The predicted octanol–water partition coefficient (Wildman–Crippen LogP) is -0.851. The summed E-state index contributed by atoms with van der Waals surface area (Å²) in [6, 6.07) is 5.63. The fraction of sp³-hybridized carbons (Fsp3) is 0.414. The lowest BCUT2D eigenvalue weighted by Gasteiger charge is -2.50. The van der Waals surface area contributed by atoms with Crippen molar-refractivity contribution in [1.82, 2.24) is 20.0 Å². The molecular weight excluding hydrogens is 773 g/mol. The molecule has 2 aromatic heterocycles. The van der Waals surface area contributed by atoms with Gasteiger partial charge in [-0.1, -0.05) is 17.3 Å². The highest BCUT2D eigenvalue weighted by molar-refractivity contribution is 7.80. The third-order valence-corrected chi connectivity index (χ3v) is 8.45. The lowest BCUT2D eigenvalue weighted by atomic mass is 9.84. The van der Waals surface area contributed by atoms with E-state index in [0.717, 1.165) is 35.4 Å². The first-order valence-corrected chi connectivity index (χ1v) is 17.4. The van der Waals surface area contributed by atoms with Crippen LogP contribution in [0.25, 0.3) is 11.1 Å². The highest BCUT2D eigenvalue weighted by atomic mass is 32.3. The number of ether oxygens (including phenoxy) is 1. The summed E-state index contributed by atoms with van der Waals surface area (Å²) in [6.45, 7) is 4.73. The second-order valence-electron chi connectivity index (χ2n) is 12.0. The first-order chi connectivity index (χ1) is 24.9. The van der Waals surface area contributed by atoms with Crippen LogP contribution in [0, 0.1) is 0 Å². The number of halogens is 3. The number of rotatable bonds is 15. The number of nitrogen functional groups attached to an aromatic ring is 1. The zero-order chi connectivity index (χ0) is 40.8. The number of amides is 2. The number of nitrogens with zero attached hydrogens (tertiary/aromatic N) is 5. The van der Waals surface area contributed by atoms with Gasteiger partial charge in [-0.15, -0.1) is 20.3 Å². The van der Waals surface area contributed by atoms with E-state index in [1.54, 1.807) is 12.1 Å². The van der Waals surface area contributed by atoms with Crippen LogP contribution in [0.5, 0.6) is 5.75 Å². The van der Waals surface area contributed by atoms with Crippen molar-refractivity contribution in [3.63, 3.8) is 0 Å². The Hall–Kier alpha value is -5.37. The van der Waals surface area contributed by atoms with Crippen LogP contribution >= 0.6 is 11.3 Å². The summed E-state index contributed by atoms with van der Waals surface area (Å²) in [5.74, 6) is -6.15. The van der Waals surface area contributed by atoms with Crippen LogP contribution in [0.3, 0.4) is 0 Å². The number of hydroxylamine groups is 2. The minimum absolute atomic E-state index is 0.0573. The number of anilines is 1. The summed E-state index contributed by atoms with van der Waals surface area (Å²) >= 11 is 0.960. The number of alkyl halides is 3. The Bertz CT molecular complexity index is 2000. The van der Waals surface area contributed by atoms with Gasteiger partial charge in [0.1, 0.15) is 30.1 Å². The topological polar surface area (TPSA) is 295 Å². The Morgan fingerprint density at radius 3 is 2.30 bits per heavy atom. The molecule has 1 aliphatic heterocycles. The van der Waals surface area contributed by atoms with E-state index in [0.29, 0.717) is 17.4 Å². The highest BCUT2D eigenvalue weighted by Gasteiger charge is 2.58. The summed E-state index contributed by atoms with van der Waals surface area (Å²) in [5, 5.41) is 26.7. The van der Waals surface area contributed by atoms with E-state index in [1.165, 1.54) is 26.2 Å². The van der Waals surface area contributed by atoms with E-state index in [9.17, 15) is 41.1 Å². The van der Waals surface area contributed by atoms with Gasteiger partial charge in [0.05, 0.1) is 23.8 Å². The Morgan fingerprint density at radius 2 is 1.81 bits per heavy atom. The van der Waals surface area contributed by atoms with Crippen LogP contribution in [0.4, 0.5) is 18.3 Å². The Morgan fingerprint density at radius 1 is 1.20 bits per heavy atom. The molecule has 54 heavy (non-hydrogen) atoms. The Kier molecular flexibility index (Phi) is 13.4. The van der Waals surface area contributed by atoms with Gasteiger partial charge in [0.25, 0.3) is 17.4 Å². The van der Waals surface area contributed by atoms with E-state index < -0.39 is 69.8 Å². The smallest absolute Gasteiger partial charge is 0.430 e. The normalized spacial score (nSPS) is 16.7. The monoisotopic (exact) mass is 808 g/mol. The number of carboxylic acids is 2. The Labute approximate surface area is 308 Å². The van der Waals surface area contributed by atoms with Gasteiger partial charge >= 0.3 is 22.5 Å². The summed E-state index contributed by atoms with van der Waals surface area (Å²) in [7, 11) is -3.10. The third kappa shape index (κ3) is 10.8. The quantitative estimate of drug-likeness (QED) is 0.0411. The molecule has 0 aliphatic carbocycles. The maximum Gasteiger partial charge on any atom is 0.430 e. The molecule has 0 saturated carbocycles. The fourth-order valence-corrected chi connectivity index (χ4v) is 5.45. The maximum absolute atomic E-state index is 13.3. The molecule has 0 bridgehead atoms. The van der Waals surface area contributed by atoms with Gasteiger partial charge in [-0.3, -0.25) is 14.1 Å². The van der Waals surface area contributed by atoms with Crippen LogP contribution in [0.15, 0.2) is 47.2 Å². The SMILES string of the molecule is C[n+]1cc(-c2ccc(OCC(C)(O/N=C(\C(=O)N[C@@H]3C(=O)N(OS(=O)(=O)O)C3(C)C)c3csc(N)n3)C(=O)O)cc2)cn1CCCN.O=C([O-])C(F)(F)F. The van der Waals surface area contributed by atoms with E-state index in [-0.39, 0.29) is 10.8 Å². The molecule has 2 amide bonds.